The first kappa shape index (κ1) is 11.5. The third-order valence-corrected chi connectivity index (χ3v) is 3.00. The Hall–Kier alpha value is -2.01. The van der Waals surface area contributed by atoms with Crippen LogP contribution in [0.3, 0.4) is 0 Å². The Labute approximate surface area is 102 Å². The van der Waals surface area contributed by atoms with Gasteiger partial charge < -0.3 is 4.57 Å². The molecule has 1 heterocycles. The fourth-order valence-corrected chi connectivity index (χ4v) is 2.23. The average molecular weight is 224 g/mol. The standard InChI is InChI=1S/C15H16N2/c1-11(2)17-12(3)14(10-16)9-15(17)13-7-5-4-6-8-13/h4-9,11H,1-3H3. The normalized spacial score (nSPS) is 10.5. The van der Waals surface area contributed by atoms with Gasteiger partial charge in [-0.05, 0) is 32.4 Å². The molecule has 0 aliphatic carbocycles. The van der Waals surface area contributed by atoms with Crippen molar-refractivity contribution in [3.8, 4) is 17.3 Å². The van der Waals surface area contributed by atoms with Gasteiger partial charge in [0.15, 0.2) is 0 Å². The highest BCUT2D eigenvalue weighted by Gasteiger charge is 2.14. The Morgan fingerprint density at radius 3 is 2.35 bits per heavy atom. The maximum atomic E-state index is 9.12. The van der Waals surface area contributed by atoms with Gasteiger partial charge in [-0.3, -0.25) is 0 Å². The molecule has 0 radical (unpaired) electrons. The highest BCUT2D eigenvalue weighted by atomic mass is 15.0. The fourth-order valence-electron chi connectivity index (χ4n) is 2.23. The zero-order valence-corrected chi connectivity index (χ0v) is 10.4. The number of hydrogen-bond donors (Lipinski definition) is 0. The molecule has 0 aliphatic rings. The van der Waals surface area contributed by atoms with Crippen LogP contribution in [-0.4, -0.2) is 4.57 Å². The van der Waals surface area contributed by atoms with Gasteiger partial charge >= 0.3 is 0 Å². The van der Waals surface area contributed by atoms with Crippen molar-refractivity contribution in [1.29, 1.82) is 5.26 Å². The summed E-state index contributed by atoms with van der Waals surface area (Å²) >= 11 is 0. The first-order chi connectivity index (χ1) is 8.15. The van der Waals surface area contributed by atoms with Gasteiger partial charge in [-0.25, -0.2) is 0 Å². The number of rotatable bonds is 2. The van der Waals surface area contributed by atoms with Crippen LogP contribution >= 0.6 is 0 Å². The molecule has 0 bridgehead atoms. The first-order valence-corrected chi connectivity index (χ1v) is 5.82. The van der Waals surface area contributed by atoms with Crippen LogP contribution in [0.1, 0.15) is 31.1 Å². The molecule has 2 heteroatoms. The quantitative estimate of drug-likeness (QED) is 0.760. The summed E-state index contributed by atoms with van der Waals surface area (Å²) in [6.45, 7) is 6.28. The molecule has 0 spiro atoms. The van der Waals surface area contributed by atoms with Gasteiger partial charge in [0, 0.05) is 17.4 Å². The maximum Gasteiger partial charge on any atom is 0.101 e. The maximum absolute atomic E-state index is 9.12. The van der Waals surface area contributed by atoms with Crippen LogP contribution in [-0.2, 0) is 0 Å². The van der Waals surface area contributed by atoms with E-state index in [1.54, 1.807) is 0 Å². The first-order valence-electron chi connectivity index (χ1n) is 5.82. The van der Waals surface area contributed by atoms with E-state index in [4.69, 9.17) is 5.26 Å². The SMILES string of the molecule is Cc1c(C#N)cc(-c2ccccc2)n1C(C)C. The summed E-state index contributed by atoms with van der Waals surface area (Å²) in [5.74, 6) is 0. The smallest absolute Gasteiger partial charge is 0.101 e. The molecular formula is C15H16N2. The number of benzene rings is 1. The van der Waals surface area contributed by atoms with E-state index < -0.39 is 0 Å². The molecule has 0 saturated carbocycles. The van der Waals surface area contributed by atoms with Gasteiger partial charge in [-0.2, -0.15) is 5.26 Å². The van der Waals surface area contributed by atoms with E-state index in [0.717, 1.165) is 22.5 Å². The van der Waals surface area contributed by atoms with Crippen molar-refractivity contribution in [3.63, 3.8) is 0 Å². The van der Waals surface area contributed by atoms with Crippen LogP contribution in [0.25, 0.3) is 11.3 Å². The Bertz CT molecular complexity index is 557. The molecule has 0 fully saturated rings. The molecule has 17 heavy (non-hydrogen) atoms. The lowest BCUT2D eigenvalue weighted by atomic mass is 10.1. The Morgan fingerprint density at radius 1 is 1.18 bits per heavy atom. The third-order valence-electron chi connectivity index (χ3n) is 3.00. The average Bonchev–Trinajstić information content (AvgIpc) is 2.67. The van der Waals surface area contributed by atoms with E-state index in [-0.39, 0.29) is 0 Å². The van der Waals surface area contributed by atoms with Crippen LogP contribution in [0.4, 0.5) is 0 Å². The van der Waals surface area contributed by atoms with Gasteiger partial charge in [0.2, 0.25) is 0 Å². The van der Waals surface area contributed by atoms with Crippen LogP contribution in [0.2, 0.25) is 0 Å². The number of nitriles is 1. The summed E-state index contributed by atoms with van der Waals surface area (Å²) in [5, 5.41) is 9.12. The van der Waals surface area contributed by atoms with E-state index in [1.165, 1.54) is 0 Å². The van der Waals surface area contributed by atoms with E-state index in [9.17, 15) is 0 Å². The molecule has 0 N–H and O–H groups in total. The van der Waals surface area contributed by atoms with Gasteiger partial charge in [0.25, 0.3) is 0 Å². The zero-order valence-electron chi connectivity index (χ0n) is 10.4. The van der Waals surface area contributed by atoms with Crippen molar-refractivity contribution in [3.05, 3.63) is 47.7 Å². The number of hydrogen-bond acceptors (Lipinski definition) is 1. The number of nitrogens with zero attached hydrogens (tertiary/aromatic N) is 2. The van der Waals surface area contributed by atoms with Crippen molar-refractivity contribution in [2.45, 2.75) is 26.8 Å². The predicted molar refractivity (Wildman–Crippen MR) is 69.7 cm³/mol. The van der Waals surface area contributed by atoms with E-state index in [0.29, 0.717) is 6.04 Å². The van der Waals surface area contributed by atoms with E-state index in [1.807, 2.05) is 31.2 Å². The molecule has 0 amide bonds. The number of aromatic nitrogens is 1. The van der Waals surface area contributed by atoms with Crippen molar-refractivity contribution < 1.29 is 0 Å². The highest BCUT2D eigenvalue weighted by molar-refractivity contribution is 5.64. The largest absolute Gasteiger partial charge is 0.341 e. The summed E-state index contributed by atoms with van der Waals surface area (Å²) < 4.78 is 2.22. The molecule has 0 saturated heterocycles. The summed E-state index contributed by atoms with van der Waals surface area (Å²) in [4.78, 5) is 0. The summed E-state index contributed by atoms with van der Waals surface area (Å²) in [5.41, 5.74) is 4.08. The lowest BCUT2D eigenvalue weighted by Crippen LogP contribution is -2.04. The van der Waals surface area contributed by atoms with Gasteiger partial charge in [-0.15, -0.1) is 0 Å². The topological polar surface area (TPSA) is 28.7 Å². The zero-order chi connectivity index (χ0) is 12.4. The highest BCUT2D eigenvalue weighted by Crippen LogP contribution is 2.28. The molecule has 2 rings (SSSR count). The van der Waals surface area contributed by atoms with E-state index in [2.05, 4.69) is 36.6 Å². The molecular weight excluding hydrogens is 208 g/mol. The Balaban J connectivity index is 2.66. The predicted octanol–water partition coefficient (Wildman–Crippen LogP) is 3.92. The van der Waals surface area contributed by atoms with Crippen LogP contribution in [0.15, 0.2) is 36.4 Å². The summed E-state index contributed by atoms with van der Waals surface area (Å²) in [6, 6.07) is 14.8. The molecule has 2 nitrogen and oxygen atoms in total. The van der Waals surface area contributed by atoms with Crippen molar-refractivity contribution in [2.24, 2.45) is 0 Å². The molecule has 1 aromatic heterocycles. The second-order valence-electron chi connectivity index (χ2n) is 4.47. The lowest BCUT2D eigenvalue weighted by molar-refractivity contribution is 0.594. The Kier molecular flexibility index (Phi) is 3.01. The fraction of sp³-hybridized carbons (Fsp3) is 0.267. The molecule has 0 atom stereocenters. The van der Waals surface area contributed by atoms with Gasteiger partial charge in [-0.1, -0.05) is 30.3 Å². The summed E-state index contributed by atoms with van der Waals surface area (Å²) in [7, 11) is 0. The Morgan fingerprint density at radius 2 is 1.82 bits per heavy atom. The van der Waals surface area contributed by atoms with Crippen LogP contribution < -0.4 is 0 Å². The third kappa shape index (κ3) is 1.97. The van der Waals surface area contributed by atoms with Crippen molar-refractivity contribution >= 4 is 0 Å². The molecule has 86 valence electrons. The molecule has 1 aromatic carbocycles. The molecule has 2 aromatic rings. The minimum Gasteiger partial charge on any atom is -0.341 e. The van der Waals surface area contributed by atoms with Crippen molar-refractivity contribution in [1.82, 2.24) is 4.57 Å². The second kappa shape index (κ2) is 4.47. The molecule has 0 aliphatic heterocycles. The molecule has 0 unspecified atom stereocenters. The second-order valence-corrected chi connectivity index (χ2v) is 4.47. The summed E-state index contributed by atoms with van der Waals surface area (Å²) in [6.07, 6.45) is 0. The van der Waals surface area contributed by atoms with Crippen molar-refractivity contribution in [2.75, 3.05) is 0 Å². The minimum atomic E-state index is 0.354. The van der Waals surface area contributed by atoms with Gasteiger partial charge in [0.05, 0.1) is 5.56 Å². The van der Waals surface area contributed by atoms with Crippen LogP contribution in [0, 0.1) is 18.3 Å². The van der Waals surface area contributed by atoms with Crippen LogP contribution in [0.5, 0.6) is 0 Å². The monoisotopic (exact) mass is 224 g/mol. The van der Waals surface area contributed by atoms with Gasteiger partial charge in [0.1, 0.15) is 6.07 Å². The minimum absolute atomic E-state index is 0.354. The van der Waals surface area contributed by atoms with E-state index >= 15 is 0 Å². The lowest BCUT2D eigenvalue weighted by Gasteiger charge is -2.15.